The number of methoxy groups -OCH3 is 1. The average Bonchev–Trinajstić information content (AvgIpc) is 3.18. The molecule has 2 fully saturated rings. The molecule has 0 heterocycles. The zero-order valence-electron chi connectivity index (χ0n) is 12.3. The molecule has 3 heteroatoms. The predicted molar refractivity (Wildman–Crippen MR) is 80.1 cm³/mol. The molecule has 2 saturated carbocycles. The second-order valence-corrected chi connectivity index (χ2v) is 6.49. The summed E-state index contributed by atoms with van der Waals surface area (Å²) in [7, 11) is 1.71. The molecular formula is C17H25NO2. The SMILES string of the molecule is COc1ccc(C2CC(NCC3(CCO)CC3)C2)cc1. The molecule has 2 N–H and O–H groups in total. The number of aliphatic hydroxyl groups excluding tert-OH is 1. The van der Waals surface area contributed by atoms with Gasteiger partial charge in [0.25, 0.3) is 0 Å². The summed E-state index contributed by atoms with van der Waals surface area (Å²) >= 11 is 0. The molecule has 110 valence electrons. The first-order valence-electron chi connectivity index (χ1n) is 7.73. The molecule has 3 rings (SSSR count). The second-order valence-electron chi connectivity index (χ2n) is 6.49. The van der Waals surface area contributed by atoms with Gasteiger partial charge in [-0.15, -0.1) is 0 Å². The number of nitrogens with one attached hydrogen (secondary N) is 1. The molecule has 2 aliphatic rings. The van der Waals surface area contributed by atoms with E-state index in [4.69, 9.17) is 9.84 Å². The van der Waals surface area contributed by atoms with Gasteiger partial charge in [0.05, 0.1) is 7.11 Å². The lowest BCUT2D eigenvalue weighted by Crippen LogP contribution is -2.42. The quantitative estimate of drug-likeness (QED) is 0.804. The molecule has 1 aromatic rings. The minimum absolute atomic E-state index is 0.334. The van der Waals surface area contributed by atoms with Crippen LogP contribution in [0.3, 0.4) is 0 Å². The molecule has 2 aliphatic carbocycles. The lowest BCUT2D eigenvalue weighted by molar-refractivity contribution is 0.224. The first-order chi connectivity index (χ1) is 9.74. The van der Waals surface area contributed by atoms with E-state index < -0.39 is 0 Å². The van der Waals surface area contributed by atoms with Crippen molar-refractivity contribution in [1.82, 2.24) is 5.32 Å². The van der Waals surface area contributed by atoms with Crippen molar-refractivity contribution < 1.29 is 9.84 Å². The van der Waals surface area contributed by atoms with Gasteiger partial charge < -0.3 is 15.2 Å². The predicted octanol–water partition coefficient (Wildman–Crippen LogP) is 2.69. The van der Waals surface area contributed by atoms with Crippen LogP contribution in [0.1, 0.15) is 43.6 Å². The zero-order chi connectivity index (χ0) is 14.0. The van der Waals surface area contributed by atoms with Crippen LogP contribution < -0.4 is 10.1 Å². The van der Waals surface area contributed by atoms with E-state index in [1.165, 1.54) is 31.2 Å². The molecule has 0 spiro atoms. The Morgan fingerprint density at radius 2 is 1.95 bits per heavy atom. The average molecular weight is 275 g/mol. The number of hydrogen-bond acceptors (Lipinski definition) is 3. The lowest BCUT2D eigenvalue weighted by atomic mass is 9.75. The van der Waals surface area contributed by atoms with Crippen LogP contribution in [0.25, 0.3) is 0 Å². The number of hydrogen-bond donors (Lipinski definition) is 2. The van der Waals surface area contributed by atoms with Crippen LogP contribution in [0, 0.1) is 5.41 Å². The van der Waals surface area contributed by atoms with Gasteiger partial charge in [0.15, 0.2) is 0 Å². The van der Waals surface area contributed by atoms with Crippen LogP contribution in [0.2, 0.25) is 0 Å². The highest BCUT2D eigenvalue weighted by Crippen LogP contribution is 2.48. The maximum atomic E-state index is 9.07. The summed E-state index contributed by atoms with van der Waals surface area (Å²) in [5.74, 6) is 1.63. The minimum atomic E-state index is 0.334. The van der Waals surface area contributed by atoms with Crippen LogP contribution >= 0.6 is 0 Å². The normalized spacial score (nSPS) is 26.9. The standard InChI is InChI=1S/C17H25NO2/c1-20-16-4-2-13(3-5-16)14-10-15(11-14)18-12-17(6-7-17)8-9-19/h2-5,14-15,18-19H,6-12H2,1H3. The summed E-state index contributed by atoms with van der Waals surface area (Å²) in [5.41, 5.74) is 1.86. The first kappa shape index (κ1) is 13.9. The molecular weight excluding hydrogens is 250 g/mol. The van der Waals surface area contributed by atoms with E-state index in [0.29, 0.717) is 24.0 Å². The first-order valence-corrected chi connectivity index (χ1v) is 7.73. The van der Waals surface area contributed by atoms with E-state index in [2.05, 4.69) is 29.6 Å². The lowest BCUT2D eigenvalue weighted by Gasteiger charge is -2.37. The molecule has 0 radical (unpaired) electrons. The Balaban J connectivity index is 1.42. The summed E-state index contributed by atoms with van der Waals surface area (Å²) < 4.78 is 5.19. The molecule has 20 heavy (non-hydrogen) atoms. The van der Waals surface area contributed by atoms with Crippen LogP contribution in [0.4, 0.5) is 0 Å². The molecule has 0 bridgehead atoms. The molecule has 0 amide bonds. The van der Waals surface area contributed by atoms with Gasteiger partial charge in [0, 0.05) is 19.2 Å². The fourth-order valence-corrected chi connectivity index (χ4v) is 3.22. The highest BCUT2D eigenvalue weighted by Gasteiger charge is 2.42. The molecule has 0 aliphatic heterocycles. The Morgan fingerprint density at radius 3 is 2.50 bits per heavy atom. The Labute approximate surface area is 121 Å². The smallest absolute Gasteiger partial charge is 0.118 e. The van der Waals surface area contributed by atoms with E-state index in [9.17, 15) is 0 Å². The molecule has 3 nitrogen and oxygen atoms in total. The van der Waals surface area contributed by atoms with Crippen molar-refractivity contribution in [2.75, 3.05) is 20.3 Å². The van der Waals surface area contributed by atoms with E-state index >= 15 is 0 Å². The van der Waals surface area contributed by atoms with Gasteiger partial charge >= 0.3 is 0 Å². The minimum Gasteiger partial charge on any atom is -0.497 e. The van der Waals surface area contributed by atoms with Crippen LogP contribution in [-0.4, -0.2) is 31.4 Å². The summed E-state index contributed by atoms with van der Waals surface area (Å²) in [6, 6.07) is 9.15. The van der Waals surface area contributed by atoms with Gasteiger partial charge in [-0.2, -0.15) is 0 Å². The van der Waals surface area contributed by atoms with Crippen molar-refractivity contribution in [2.45, 2.75) is 44.1 Å². The van der Waals surface area contributed by atoms with Gasteiger partial charge in [0.1, 0.15) is 5.75 Å². The number of ether oxygens (including phenoxy) is 1. The summed E-state index contributed by atoms with van der Waals surface area (Å²) in [4.78, 5) is 0. The highest BCUT2D eigenvalue weighted by atomic mass is 16.5. The molecule has 0 unspecified atom stereocenters. The van der Waals surface area contributed by atoms with Crippen molar-refractivity contribution in [3.63, 3.8) is 0 Å². The topological polar surface area (TPSA) is 41.5 Å². The maximum Gasteiger partial charge on any atom is 0.118 e. The molecule has 1 aromatic carbocycles. The second kappa shape index (κ2) is 5.74. The molecule has 0 aromatic heterocycles. The van der Waals surface area contributed by atoms with Gasteiger partial charge in [-0.25, -0.2) is 0 Å². The Bertz CT molecular complexity index is 433. The monoisotopic (exact) mass is 275 g/mol. The summed E-state index contributed by atoms with van der Waals surface area (Å²) in [6.07, 6.45) is 6.02. The molecule has 0 saturated heterocycles. The number of aliphatic hydroxyl groups is 1. The fraction of sp³-hybridized carbons (Fsp3) is 0.647. The summed E-state index contributed by atoms with van der Waals surface area (Å²) in [5, 5.41) is 12.8. The van der Waals surface area contributed by atoms with E-state index in [-0.39, 0.29) is 0 Å². The Hall–Kier alpha value is -1.06. The third-order valence-corrected chi connectivity index (χ3v) is 5.09. The van der Waals surface area contributed by atoms with Gasteiger partial charge in [-0.05, 0) is 61.1 Å². The maximum absolute atomic E-state index is 9.07. The Kier molecular flexibility index (Phi) is 3.99. The summed E-state index contributed by atoms with van der Waals surface area (Å²) in [6.45, 7) is 1.42. The number of rotatable bonds is 7. The zero-order valence-corrected chi connectivity index (χ0v) is 12.3. The van der Waals surface area contributed by atoms with Crippen molar-refractivity contribution in [1.29, 1.82) is 0 Å². The fourth-order valence-electron chi connectivity index (χ4n) is 3.22. The van der Waals surface area contributed by atoms with Crippen molar-refractivity contribution >= 4 is 0 Å². The van der Waals surface area contributed by atoms with Gasteiger partial charge in [-0.1, -0.05) is 12.1 Å². The van der Waals surface area contributed by atoms with Crippen LogP contribution in [0.5, 0.6) is 5.75 Å². The highest BCUT2D eigenvalue weighted by molar-refractivity contribution is 5.30. The van der Waals surface area contributed by atoms with Gasteiger partial charge in [0.2, 0.25) is 0 Å². The van der Waals surface area contributed by atoms with E-state index in [1.54, 1.807) is 7.11 Å². The number of benzene rings is 1. The molecule has 0 atom stereocenters. The van der Waals surface area contributed by atoms with Crippen molar-refractivity contribution in [3.8, 4) is 5.75 Å². The van der Waals surface area contributed by atoms with E-state index in [1.807, 2.05) is 0 Å². The van der Waals surface area contributed by atoms with Crippen molar-refractivity contribution in [3.05, 3.63) is 29.8 Å². The van der Waals surface area contributed by atoms with Crippen molar-refractivity contribution in [2.24, 2.45) is 5.41 Å². The van der Waals surface area contributed by atoms with Gasteiger partial charge in [-0.3, -0.25) is 0 Å². The van der Waals surface area contributed by atoms with Crippen LogP contribution in [-0.2, 0) is 0 Å². The van der Waals surface area contributed by atoms with Crippen LogP contribution in [0.15, 0.2) is 24.3 Å². The Morgan fingerprint density at radius 1 is 1.25 bits per heavy atom. The third-order valence-electron chi connectivity index (χ3n) is 5.09. The van der Waals surface area contributed by atoms with E-state index in [0.717, 1.165) is 18.7 Å². The largest absolute Gasteiger partial charge is 0.497 e. The third kappa shape index (κ3) is 2.99.